The summed E-state index contributed by atoms with van der Waals surface area (Å²) in [6.07, 6.45) is 6.05. The Morgan fingerprint density at radius 2 is 1.94 bits per heavy atom. The molecule has 0 saturated heterocycles. The van der Waals surface area contributed by atoms with E-state index in [2.05, 4.69) is 20.2 Å². The molecule has 3 aromatic rings. The van der Waals surface area contributed by atoms with Gasteiger partial charge in [-0.1, -0.05) is 24.4 Å². The Kier molecular flexibility index (Phi) is 5.82. The summed E-state index contributed by atoms with van der Waals surface area (Å²) < 4.78 is 2.06. The molecule has 1 saturated carbocycles. The lowest BCUT2D eigenvalue weighted by atomic mass is 10.2. The van der Waals surface area contributed by atoms with Gasteiger partial charge in [0.1, 0.15) is 11.3 Å². The number of aromatic nitrogens is 3. The number of anilines is 2. The molecule has 0 aliphatic heterocycles. The molecule has 1 fully saturated rings. The Labute approximate surface area is 185 Å². The Bertz CT molecular complexity index is 1150. The van der Waals surface area contributed by atoms with Crippen LogP contribution in [0.5, 0.6) is 0 Å². The predicted octanol–water partition coefficient (Wildman–Crippen LogP) is 4.00. The van der Waals surface area contributed by atoms with Gasteiger partial charge in [0.25, 0.3) is 11.8 Å². The minimum absolute atomic E-state index is 0.0488. The van der Waals surface area contributed by atoms with Crippen molar-refractivity contribution < 1.29 is 9.59 Å². The standard InChI is InChI=1S/C22H25ClN6O2/c1-24-20(30)13-8-9-17(16(23)10-13)26-22-25-12-14-11-18(21(31)28(2)3)29(19(14)27-22)15-6-4-5-7-15/h8-12,15H,4-7H2,1-3H3,(H,24,30)(H,25,26,27). The van der Waals surface area contributed by atoms with E-state index in [4.69, 9.17) is 16.6 Å². The molecule has 0 unspecified atom stereocenters. The zero-order valence-corrected chi connectivity index (χ0v) is 18.5. The van der Waals surface area contributed by atoms with Crippen molar-refractivity contribution in [3.05, 3.63) is 46.7 Å². The molecule has 0 bridgehead atoms. The van der Waals surface area contributed by atoms with Crippen LogP contribution in [0.3, 0.4) is 0 Å². The topological polar surface area (TPSA) is 92.1 Å². The molecule has 2 amide bonds. The second-order valence-electron chi connectivity index (χ2n) is 7.91. The van der Waals surface area contributed by atoms with Gasteiger partial charge in [0.2, 0.25) is 5.95 Å². The fourth-order valence-corrected chi connectivity index (χ4v) is 4.24. The van der Waals surface area contributed by atoms with Crippen LogP contribution in [0.2, 0.25) is 5.02 Å². The molecule has 31 heavy (non-hydrogen) atoms. The number of benzene rings is 1. The van der Waals surface area contributed by atoms with Crippen LogP contribution in [-0.2, 0) is 0 Å². The predicted molar refractivity (Wildman–Crippen MR) is 121 cm³/mol. The van der Waals surface area contributed by atoms with Crippen molar-refractivity contribution in [2.75, 3.05) is 26.5 Å². The zero-order chi connectivity index (χ0) is 22.1. The van der Waals surface area contributed by atoms with Gasteiger partial charge in [-0.2, -0.15) is 4.98 Å². The number of nitrogens with zero attached hydrogens (tertiary/aromatic N) is 4. The van der Waals surface area contributed by atoms with Crippen molar-refractivity contribution >= 4 is 46.1 Å². The summed E-state index contributed by atoms with van der Waals surface area (Å²) in [5.41, 5.74) is 2.42. The first-order chi connectivity index (χ1) is 14.9. The van der Waals surface area contributed by atoms with Crippen LogP contribution in [0, 0.1) is 0 Å². The molecule has 2 aromatic heterocycles. The Balaban J connectivity index is 1.73. The number of hydrogen-bond donors (Lipinski definition) is 2. The maximum atomic E-state index is 12.8. The quantitative estimate of drug-likeness (QED) is 0.625. The molecule has 9 heteroatoms. The van der Waals surface area contributed by atoms with Gasteiger partial charge >= 0.3 is 0 Å². The molecule has 8 nitrogen and oxygen atoms in total. The van der Waals surface area contributed by atoms with Gasteiger partial charge < -0.3 is 20.1 Å². The molecule has 0 radical (unpaired) electrons. The van der Waals surface area contributed by atoms with Gasteiger partial charge in [-0.15, -0.1) is 0 Å². The average molecular weight is 441 g/mol. The first-order valence-corrected chi connectivity index (χ1v) is 10.6. The molecule has 1 aliphatic carbocycles. The van der Waals surface area contributed by atoms with E-state index in [1.807, 2.05) is 6.07 Å². The molecule has 1 aromatic carbocycles. The summed E-state index contributed by atoms with van der Waals surface area (Å²) in [5, 5.41) is 6.92. The number of rotatable bonds is 5. The number of fused-ring (bicyclic) bond motifs is 1. The highest BCUT2D eigenvalue weighted by atomic mass is 35.5. The summed E-state index contributed by atoms with van der Waals surface area (Å²) in [7, 11) is 5.07. The molecule has 1 aliphatic rings. The Morgan fingerprint density at radius 3 is 2.58 bits per heavy atom. The minimum atomic E-state index is -0.210. The first kappa shape index (κ1) is 21.1. The number of carbonyl (C=O) groups is 2. The van der Waals surface area contributed by atoms with Crippen molar-refractivity contribution in [1.82, 2.24) is 24.8 Å². The lowest BCUT2D eigenvalue weighted by Gasteiger charge is -2.19. The highest BCUT2D eigenvalue weighted by Gasteiger charge is 2.26. The smallest absolute Gasteiger partial charge is 0.270 e. The van der Waals surface area contributed by atoms with Crippen molar-refractivity contribution in [2.45, 2.75) is 31.7 Å². The van der Waals surface area contributed by atoms with Crippen LogP contribution in [0.15, 0.2) is 30.5 Å². The van der Waals surface area contributed by atoms with Crippen LogP contribution >= 0.6 is 11.6 Å². The van der Waals surface area contributed by atoms with Gasteiger partial charge in [0.15, 0.2) is 0 Å². The van der Waals surface area contributed by atoms with Crippen LogP contribution < -0.4 is 10.6 Å². The van der Waals surface area contributed by atoms with Crippen LogP contribution in [-0.4, -0.2) is 52.4 Å². The number of carbonyl (C=O) groups excluding carboxylic acids is 2. The van der Waals surface area contributed by atoms with Crippen molar-refractivity contribution in [1.29, 1.82) is 0 Å². The van der Waals surface area contributed by atoms with Gasteiger partial charge in [0, 0.05) is 44.3 Å². The third-order valence-corrected chi connectivity index (χ3v) is 5.91. The SMILES string of the molecule is CNC(=O)c1ccc(Nc2ncc3cc(C(=O)N(C)C)n(C4CCCC4)c3n2)c(Cl)c1. The largest absolute Gasteiger partial charge is 0.355 e. The summed E-state index contributed by atoms with van der Waals surface area (Å²) in [6.45, 7) is 0. The second kappa shape index (κ2) is 8.55. The fraction of sp³-hybridized carbons (Fsp3) is 0.364. The van der Waals surface area contributed by atoms with Gasteiger partial charge in [-0.05, 0) is 37.1 Å². The summed E-state index contributed by atoms with van der Waals surface area (Å²) >= 11 is 6.36. The van der Waals surface area contributed by atoms with Crippen molar-refractivity contribution in [3.63, 3.8) is 0 Å². The molecule has 0 atom stereocenters. The lowest BCUT2D eigenvalue weighted by Crippen LogP contribution is -2.25. The Hall–Kier alpha value is -3.13. The van der Waals surface area contributed by atoms with Gasteiger partial charge in [-0.25, -0.2) is 4.98 Å². The minimum Gasteiger partial charge on any atom is -0.355 e. The molecule has 2 heterocycles. The Morgan fingerprint density at radius 1 is 1.19 bits per heavy atom. The highest BCUT2D eigenvalue weighted by Crippen LogP contribution is 2.35. The van der Waals surface area contributed by atoms with E-state index in [1.54, 1.807) is 50.4 Å². The fourth-order valence-electron chi connectivity index (χ4n) is 4.02. The van der Waals surface area contributed by atoms with Crippen LogP contribution in [0.25, 0.3) is 11.0 Å². The molecule has 162 valence electrons. The van der Waals surface area contributed by atoms with E-state index in [1.165, 1.54) is 0 Å². The van der Waals surface area contributed by atoms with E-state index in [-0.39, 0.29) is 17.9 Å². The normalized spacial score (nSPS) is 14.1. The molecule has 4 rings (SSSR count). The number of nitrogens with one attached hydrogen (secondary N) is 2. The van der Waals surface area contributed by atoms with E-state index in [0.29, 0.717) is 27.9 Å². The summed E-state index contributed by atoms with van der Waals surface area (Å²) in [4.78, 5) is 35.3. The average Bonchev–Trinajstić information content (AvgIpc) is 3.41. The first-order valence-electron chi connectivity index (χ1n) is 10.3. The maximum absolute atomic E-state index is 12.8. The highest BCUT2D eigenvalue weighted by molar-refractivity contribution is 6.33. The number of halogens is 1. The number of amides is 2. The van der Waals surface area contributed by atoms with E-state index < -0.39 is 0 Å². The van der Waals surface area contributed by atoms with E-state index in [9.17, 15) is 9.59 Å². The monoisotopic (exact) mass is 440 g/mol. The van der Waals surface area contributed by atoms with E-state index in [0.717, 1.165) is 36.7 Å². The lowest BCUT2D eigenvalue weighted by molar-refractivity contribution is 0.0815. The number of hydrogen-bond acceptors (Lipinski definition) is 5. The van der Waals surface area contributed by atoms with Crippen molar-refractivity contribution in [3.8, 4) is 0 Å². The third-order valence-electron chi connectivity index (χ3n) is 5.60. The summed E-state index contributed by atoms with van der Waals surface area (Å²) in [6, 6.07) is 7.11. The molecular formula is C22H25ClN6O2. The van der Waals surface area contributed by atoms with Crippen LogP contribution in [0.4, 0.5) is 11.6 Å². The molecule has 2 N–H and O–H groups in total. The zero-order valence-electron chi connectivity index (χ0n) is 17.8. The van der Waals surface area contributed by atoms with E-state index >= 15 is 0 Å². The second-order valence-corrected chi connectivity index (χ2v) is 8.32. The van der Waals surface area contributed by atoms with Crippen molar-refractivity contribution in [2.24, 2.45) is 0 Å². The van der Waals surface area contributed by atoms with Gasteiger partial charge in [0.05, 0.1) is 10.7 Å². The molecule has 0 spiro atoms. The van der Waals surface area contributed by atoms with Crippen LogP contribution in [0.1, 0.15) is 52.6 Å². The maximum Gasteiger partial charge on any atom is 0.270 e. The third kappa shape index (κ3) is 4.07. The van der Waals surface area contributed by atoms with Gasteiger partial charge in [-0.3, -0.25) is 9.59 Å². The summed E-state index contributed by atoms with van der Waals surface area (Å²) in [5.74, 6) is 0.120. The molecular weight excluding hydrogens is 416 g/mol.